The van der Waals surface area contributed by atoms with Crippen LogP contribution in [0.15, 0.2) is 34.2 Å². The SMILES string of the molecule is C#CCNS(=O)(=O)c1ccc(OCC)c(-c2[nH]c3c(c2Cl)n(CCC)c(=O)n2cnnc32)c1. The quantitative estimate of drug-likeness (QED) is 0.367. The Labute approximate surface area is 194 Å². The number of aryl methyl sites for hydroxylation is 1. The number of halogens is 1. The molecule has 4 rings (SSSR count). The molecular formula is C21H21ClN6O4S. The average Bonchev–Trinajstić information content (AvgIpc) is 3.41. The summed E-state index contributed by atoms with van der Waals surface area (Å²) < 4.78 is 36.3. The number of terminal acetylenes is 1. The predicted molar refractivity (Wildman–Crippen MR) is 125 cm³/mol. The van der Waals surface area contributed by atoms with E-state index in [0.717, 1.165) is 0 Å². The lowest BCUT2D eigenvalue weighted by Gasteiger charge is -2.12. The van der Waals surface area contributed by atoms with E-state index in [1.807, 2.05) is 13.8 Å². The highest BCUT2D eigenvalue weighted by Gasteiger charge is 2.24. The topological polar surface area (TPSA) is 123 Å². The normalized spacial score (nSPS) is 11.8. The van der Waals surface area contributed by atoms with E-state index in [9.17, 15) is 13.2 Å². The number of benzene rings is 1. The number of H-pyrrole nitrogens is 1. The number of hydrogen-bond donors (Lipinski definition) is 2. The van der Waals surface area contributed by atoms with Gasteiger partial charge in [0.25, 0.3) is 0 Å². The Hall–Kier alpha value is -3.33. The van der Waals surface area contributed by atoms with Crippen LogP contribution in [0.4, 0.5) is 0 Å². The average molecular weight is 489 g/mol. The summed E-state index contributed by atoms with van der Waals surface area (Å²) >= 11 is 6.80. The molecule has 0 spiro atoms. The van der Waals surface area contributed by atoms with Gasteiger partial charge < -0.3 is 9.72 Å². The van der Waals surface area contributed by atoms with Crippen LogP contribution in [-0.4, -0.2) is 45.7 Å². The highest BCUT2D eigenvalue weighted by atomic mass is 35.5. The Morgan fingerprint density at radius 1 is 1.33 bits per heavy atom. The van der Waals surface area contributed by atoms with Crippen LogP contribution in [0.1, 0.15) is 20.3 Å². The van der Waals surface area contributed by atoms with Crippen LogP contribution in [-0.2, 0) is 16.6 Å². The number of aromatic amines is 1. The molecule has 0 radical (unpaired) electrons. The standard InChI is InChI=1S/C21H21ClN6O4S/c1-4-9-24-33(30,31)13-7-8-15(32-6-3)14(11-13)17-16(22)19-18(25-17)20-26-23-12-28(20)21(29)27(19)10-5-2/h1,7-8,11-12,24-25H,5-6,9-10H2,2-3H3. The van der Waals surface area contributed by atoms with Crippen molar-refractivity contribution in [2.75, 3.05) is 13.2 Å². The van der Waals surface area contributed by atoms with Crippen LogP contribution in [0, 0.1) is 12.3 Å². The van der Waals surface area contributed by atoms with Crippen LogP contribution in [0.2, 0.25) is 5.02 Å². The Kier molecular flexibility index (Phi) is 6.16. The highest BCUT2D eigenvalue weighted by molar-refractivity contribution is 7.89. The molecule has 0 amide bonds. The first-order valence-electron chi connectivity index (χ1n) is 10.2. The molecule has 0 aliphatic rings. The molecule has 0 aliphatic carbocycles. The number of hydrogen-bond acceptors (Lipinski definition) is 6. The lowest BCUT2D eigenvalue weighted by atomic mass is 10.1. The fraction of sp³-hybridized carbons (Fsp3) is 0.286. The minimum Gasteiger partial charge on any atom is -0.493 e. The summed E-state index contributed by atoms with van der Waals surface area (Å²) in [4.78, 5) is 16.2. The lowest BCUT2D eigenvalue weighted by molar-refractivity contribution is 0.341. The molecule has 0 saturated carbocycles. The summed E-state index contributed by atoms with van der Waals surface area (Å²) in [7, 11) is -3.86. The van der Waals surface area contributed by atoms with E-state index in [1.54, 1.807) is 10.6 Å². The van der Waals surface area contributed by atoms with Gasteiger partial charge in [-0.05, 0) is 31.5 Å². The van der Waals surface area contributed by atoms with Crippen molar-refractivity contribution in [3.05, 3.63) is 40.0 Å². The molecule has 0 bridgehead atoms. The molecule has 4 aromatic rings. The zero-order valence-corrected chi connectivity index (χ0v) is 19.5. The second-order valence-electron chi connectivity index (χ2n) is 7.12. The number of ether oxygens (including phenoxy) is 1. The van der Waals surface area contributed by atoms with E-state index in [2.05, 4.69) is 25.8 Å². The minimum atomic E-state index is -3.86. The molecule has 3 heterocycles. The smallest absolute Gasteiger partial charge is 0.335 e. The molecular weight excluding hydrogens is 468 g/mol. The number of nitrogens with one attached hydrogen (secondary N) is 2. The van der Waals surface area contributed by atoms with Crippen molar-refractivity contribution in [1.29, 1.82) is 0 Å². The maximum atomic E-state index is 13.0. The summed E-state index contributed by atoms with van der Waals surface area (Å²) in [6.45, 7) is 4.38. The van der Waals surface area contributed by atoms with Gasteiger partial charge in [-0.2, -0.15) is 4.72 Å². The van der Waals surface area contributed by atoms with Crippen LogP contribution in [0.5, 0.6) is 5.75 Å². The minimum absolute atomic E-state index is 0.00972. The van der Waals surface area contributed by atoms with Crippen molar-refractivity contribution in [3.63, 3.8) is 0 Å². The number of nitrogens with zero attached hydrogens (tertiary/aromatic N) is 4. The van der Waals surface area contributed by atoms with E-state index in [0.29, 0.717) is 53.3 Å². The molecule has 0 atom stereocenters. The molecule has 172 valence electrons. The van der Waals surface area contributed by atoms with Gasteiger partial charge in [0.05, 0.1) is 34.3 Å². The first kappa shape index (κ1) is 22.8. The van der Waals surface area contributed by atoms with Gasteiger partial charge in [0.15, 0.2) is 5.65 Å². The Balaban J connectivity index is 2.03. The molecule has 0 unspecified atom stereocenters. The van der Waals surface area contributed by atoms with Gasteiger partial charge in [-0.3, -0.25) is 4.57 Å². The van der Waals surface area contributed by atoms with Crippen molar-refractivity contribution < 1.29 is 13.2 Å². The lowest BCUT2D eigenvalue weighted by Crippen LogP contribution is -2.26. The van der Waals surface area contributed by atoms with Crippen molar-refractivity contribution in [1.82, 2.24) is 28.9 Å². The van der Waals surface area contributed by atoms with Crippen LogP contribution in [0.25, 0.3) is 27.9 Å². The zero-order valence-electron chi connectivity index (χ0n) is 17.9. The van der Waals surface area contributed by atoms with Crippen molar-refractivity contribution in [3.8, 4) is 29.4 Å². The fourth-order valence-electron chi connectivity index (χ4n) is 3.64. The molecule has 1 aromatic carbocycles. The number of aromatic nitrogens is 5. The third-order valence-electron chi connectivity index (χ3n) is 5.03. The molecule has 33 heavy (non-hydrogen) atoms. The van der Waals surface area contributed by atoms with E-state index >= 15 is 0 Å². The molecule has 0 saturated heterocycles. The third-order valence-corrected chi connectivity index (χ3v) is 6.80. The van der Waals surface area contributed by atoms with Gasteiger partial charge in [0, 0.05) is 12.1 Å². The molecule has 2 N–H and O–H groups in total. The molecule has 10 nitrogen and oxygen atoms in total. The summed E-state index contributed by atoms with van der Waals surface area (Å²) in [5, 5.41) is 8.16. The Morgan fingerprint density at radius 2 is 2.12 bits per heavy atom. The molecule has 0 aliphatic heterocycles. The summed E-state index contributed by atoms with van der Waals surface area (Å²) in [6.07, 6.45) is 7.22. The van der Waals surface area contributed by atoms with Gasteiger partial charge in [-0.15, -0.1) is 16.6 Å². The summed E-state index contributed by atoms with van der Waals surface area (Å²) in [5.41, 5.74) is 1.76. The molecule has 12 heteroatoms. The maximum absolute atomic E-state index is 13.0. The van der Waals surface area contributed by atoms with Crippen molar-refractivity contribution in [2.24, 2.45) is 0 Å². The second kappa shape index (κ2) is 8.90. The number of rotatable bonds is 8. The summed E-state index contributed by atoms with van der Waals surface area (Å²) in [5.74, 6) is 2.67. The number of fused-ring (bicyclic) bond motifs is 3. The van der Waals surface area contributed by atoms with Crippen molar-refractivity contribution >= 4 is 38.3 Å². The highest BCUT2D eigenvalue weighted by Crippen LogP contribution is 2.40. The van der Waals surface area contributed by atoms with Gasteiger partial charge in [-0.1, -0.05) is 24.4 Å². The zero-order chi connectivity index (χ0) is 23.8. The fourth-order valence-corrected chi connectivity index (χ4v) is 4.95. The second-order valence-corrected chi connectivity index (χ2v) is 9.26. The largest absolute Gasteiger partial charge is 0.493 e. The van der Waals surface area contributed by atoms with Crippen molar-refractivity contribution in [2.45, 2.75) is 31.7 Å². The Bertz CT molecular complexity index is 1560. The third kappa shape index (κ3) is 3.86. The first-order chi connectivity index (χ1) is 15.8. The predicted octanol–water partition coefficient (Wildman–Crippen LogP) is 2.41. The first-order valence-corrected chi connectivity index (χ1v) is 12.0. The van der Waals surface area contributed by atoms with E-state index in [1.165, 1.54) is 22.9 Å². The van der Waals surface area contributed by atoms with Crippen LogP contribution >= 0.6 is 11.6 Å². The monoisotopic (exact) mass is 488 g/mol. The summed E-state index contributed by atoms with van der Waals surface area (Å²) in [6, 6.07) is 4.42. The van der Waals surface area contributed by atoms with Gasteiger partial charge in [0.1, 0.15) is 17.6 Å². The van der Waals surface area contributed by atoms with E-state index < -0.39 is 10.0 Å². The number of sulfonamides is 1. The maximum Gasteiger partial charge on any atom is 0.335 e. The van der Waals surface area contributed by atoms with E-state index in [4.69, 9.17) is 22.8 Å². The van der Waals surface area contributed by atoms with Gasteiger partial charge in [-0.25, -0.2) is 17.6 Å². The van der Waals surface area contributed by atoms with E-state index in [-0.39, 0.29) is 22.2 Å². The van der Waals surface area contributed by atoms with Gasteiger partial charge in [0.2, 0.25) is 10.0 Å². The Morgan fingerprint density at radius 3 is 2.82 bits per heavy atom. The van der Waals surface area contributed by atoms with Gasteiger partial charge >= 0.3 is 5.69 Å². The molecule has 3 aromatic heterocycles. The van der Waals surface area contributed by atoms with Crippen LogP contribution in [0.3, 0.4) is 0 Å². The van der Waals surface area contributed by atoms with Crippen LogP contribution < -0.4 is 15.1 Å². The molecule has 0 fully saturated rings.